The van der Waals surface area contributed by atoms with Crippen LogP contribution in [0.15, 0.2) is 41.0 Å². The number of benzene rings is 1. The van der Waals surface area contributed by atoms with Gasteiger partial charge in [0.2, 0.25) is 5.76 Å². The van der Waals surface area contributed by atoms with Crippen molar-refractivity contribution in [2.24, 2.45) is 0 Å². The highest BCUT2D eigenvalue weighted by Gasteiger charge is 2.18. The van der Waals surface area contributed by atoms with Gasteiger partial charge in [-0.25, -0.2) is 4.79 Å². The molecule has 1 aliphatic heterocycles. The normalized spacial score (nSPS) is 13.2. The Labute approximate surface area is 107 Å². The molecule has 0 radical (unpaired) electrons. The molecule has 6 heteroatoms. The van der Waals surface area contributed by atoms with Crippen molar-refractivity contribution in [3.63, 3.8) is 0 Å². The third-order valence-corrected chi connectivity index (χ3v) is 2.52. The van der Waals surface area contributed by atoms with E-state index in [0.29, 0.717) is 17.2 Å². The third-order valence-electron chi connectivity index (χ3n) is 2.52. The summed E-state index contributed by atoms with van der Waals surface area (Å²) in [6.07, 6.45) is 1.39. The largest absolute Gasteiger partial charge is 0.482 e. The van der Waals surface area contributed by atoms with Crippen LogP contribution in [-0.4, -0.2) is 18.5 Å². The lowest BCUT2D eigenvalue weighted by Gasteiger charge is -2.18. The van der Waals surface area contributed by atoms with E-state index in [9.17, 15) is 9.59 Å². The standard InChI is InChI=1S/C13H9NO5/c15-12-7-18-10-4-3-8(6-9(10)14-12)19-13(16)11-2-1-5-17-11/h1-6H,7H2,(H,14,15). The van der Waals surface area contributed by atoms with Crippen molar-refractivity contribution >= 4 is 17.6 Å². The summed E-state index contributed by atoms with van der Waals surface area (Å²) in [5.41, 5.74) is 0.473. The van der Waals surface area contributed by atoms with Crippen LogP contribution in [0.2, 0.25) is 0 Å². The second kappa shape index (κ2) is 4.49. The van der Waals surface area contributed by atoms with E-state index in [4.69, 9.17) is 13.9 Å². The van der Waals surface area contributed by atoms with Gasteiger partial charge in [0, 0.05) is 6.07 Å². The van der Waals surface area contributed by atoms with Crippen molar-refractivity contribution < 1.29 is 23.5 Å². The first-order valence-corrected chi connectivity index (χ1v) is 5.55. The first-order chi connectivity index (χ1) is 9.22. The topological polar surface area (TPSA) is 77.8 Å². The van der Waals surface area contributed by atoms with Crippen LogP contribution in [0.3, 0.4) is 0 Å². The Morgan fingerprint density at radius 2 is 2.21 bits per heavy atom. The lowest BCUT2D eigenvalue weighted by atomic mass is 10.2. The van der Waals surface area contributed by atoms with Crippen LogP contribution in [0.4, 0.5) is 5.69 Å². The molecule has 0 bridgehead atoms. The van der Waals surface area contributed by atoms with Gasteiger partial charge in [0.25, 0.3) is 5.91 Å². The molecule has 0 unspecified atom stereocenters. The first-order valence-electron chi connectivity index (χ1n) is 5.55. The molecular weight excluding hydrogens is 250 g/mol. The number of carbonyl (C=O) groups is 2. The number of anilines is 1. The number of amides is 1. The molecule has 1 amide bonds. The lowest BCUT2D eigenvalue weighted by Crippen LogP contribution is -2.25. The average molecular weight is 259 g/mol. The molecule has 96 valence electrons. The third kappa shape index (κ3) is 2.28. The zero-order chi connectivity index (χ0) is 13.2. The lowest BCUT2D eigenvalue weighted by molar-refractivity contribution is -0.118. The van der Waals surface area contributed by atoms with Crippen molar-refractivity contribution in [1.29, 1.82) is 0 Å². The summed E-state index contributed by atoms with van der Waals surface area (Å²) in [5.74, 6) is 0.0939. The smallest absolute Gasteiger partial charge is 0.379 e. The molecular formula is C13H9NO5. The summed E-state index contributed by atoms with van der Waals surface area (Å²) in [7, 11) is 0. The fourth-order valence-electron chi connectivity index (χ4n) is 1.68. The number of rotatable bonds is 2. The minimum Gasteiger partial charge on any atom is -0.482 e. The highest BCUT2D eigenvalue weighted by atomic mass is 16.5. The van der Waals surface area contributed by atoms with Crippen molar-refractivity contribution in [3.05, 3.63) is 42.4 Å². The average Bonchev–Trinajstić information content (AvgIpc) is 2.92. The molecule has 0 aliphatic carbocycles. The van der Waals surface area contributed by atoms with Crippen LogP contribution >= 0.6 is 0 Å². The van der Waals surface area contributed by atoms with Gasteiger partial charge in [-0.1, -0.05) is 0 Å². The number of hydrogen-bond acceptors (Lipinski definition) is 5. The van der Waals surface area contributed by atoms with Crippen LogP contribution in [0.1, 0.15) is 10.6 Å². The van der Waals surface area contributed by atoms with E-state index in [1.807, 2.05) is 0 Å². The predicted octanol–water partition coefficient (Wildman–Crippen LogP) is 1.83. The molecule has 1 N–H and O–H groups in total. The van der Waals surface area contributed by atoms with E-state index in [1.54, 1.807) is 18.2 Å². The predicted molar refractivity (Wildman–Crippen MR) is 64.2 cm³/mol. The van der Waals surface area contributed by atoms with Gasteiger partial charge in [-0.2, -0.15) is 0 Å². The van der Waals surface area contributed by atoms with Crippen molar-refractivity contribution in [2.75, 3.05) is 11.9 Å². The maximum atomic E-state index is 11.7. The molecule has 3 rings (SSSR count). The number of ether oxygens (including phenoxy) is 2. The van der Waals surface area contributed by atoms with E-state index in [0.717, 1.165) is 0 Å². The van der Waals surface area contributed by atoms with Crippen LogP contribution < -0.4 is 14.8 Å². The van der Waals surface area contributed by atoms with Gasteiger partial charge in [0.1, 0.15) is 11.5 Å². The minimum atomic E-state index is -0.604. The van der Waals surface area contributed by atoms with E-state index >= 15 is 0 Å². The molecule has 0 saturated heterocycles. The van der Waals surface area contributed by atoms with Crippen LogP contribution in [0.25, 0.3) is 0 Å². The number of nitrogens with one attached hydrogen (secondary N) is 1. The Hall–Kier alpha value is -2.76. The molecule has 0 fully saturated rings. The van der Waals surface area contributed by atoms with Gasteiger partial charge in [0.05, 0.1) is 12.0 Å². The molecule has 2 heterocycles. The number of carbonyl (C=O) groups excluding carboxylic acids is 2. The SMILES string of the molecule is O=C1COc2ccc(OC(=O)c3ccco3)cc2N1. The fraction of sp³-hybridized carbons (Fsp3) is 0.0769. The van der Waals surface area contributed by atoms with E-state index in [2.05, 4.69) is 5.32 Å². The summed E-state index contributed by atoms with van der Waals surface area (Å²) in [6.45, 7) is -0.0153. The molecule has 1 aromatic heterocycles. The Bertz CT molecular complexity index is 632. The molecule has 1 aromatic carbocycles. The highest BCUT2D eigenvalue weighted by molar-refractivity contribution is 5.96. The second-order valence-corrected chi connectivity index (χ2v) is 3.86. The molecule has 1 aliphatic rings. The molecule has 0 spiro atoms. The van der Waals surface area contributed by atoms with Gasteiger partial charge in [-0.3, -0.25) is 4.79 Å². The monoisotopic (exact) mass is 259 g/mol. The summed E-state index contributed by atoms with van der Waals surface area (Å²) in [4.78, 5) is 22.9. The summed E-state index contributed by atoms with van der Waals surface area (Å²) in [6, 6.07) is 7.83. The van der Waals surface area contributed by atoms with Gasteiger partial charge < -0.3 is 19.2 Å². The van der Waals surface area contributed by atoms with Crippen LogP contribution in [0, 0.1) is 0 Å². The molecule has 0 atom stereocenters. The Balaban J connectivity index is 1.81. The Morgan fingerprint density at radius 3 is 3.00 bits per heavy atom. The van der Waals surface area contributed by atoms with Gasteiger partial charge in [-0.05, 0) is 24.3 Å². The molecule has 6 nitrogen and oxygen atoms in total. The van der Waals surface area contributed by atoms with Crippen LogP contribution in [0.5, 0.6) is 11.5 Å². The second-order valence-electron chi connectivity index (χ2n) is 3.86. The highest BCUT2D eigenvalue weighted by Crippen LogP contribution is 2.31. The van der Waals surface area contributed by atoms with Crippen molar-refractivity contribution in [3.8, 4) is 11.5 Å². The van der Waals surface area contributed by atoms with Crippen LogP contribution in [-0.2, 0) is 4.79 Å². The zero-order valence-corrected chi connectivity index (χ0v) is 9.71. The Morgan fingerprint density at radius 1 is 1.32 bits per heavy atom. The van der Waals surface area contributed by atoms with Crippen molar-refractivity contribution in [2.45, 2.75) is 0 Å². The number of esters is 1. The number of fused-ring (bicyclic) bond motifs is 1. The summed E-state index contributed by atoms with van der Waals surface area (Å²) >= 11 is 0. The zero-order valence-electron chi connectivity index (χ0n) is 9.71. The van der Waals surface area contributed by atoms with Gasteiger partial charge >= 0.3 is 5.97 Å². The number of hydrogen-bond donors (Lipinski definition) is 1. The summed E-state index contributed by atoms with van der Waals surface area (Å²) < 4.78 is 15.2. The van der Waals surface area contributed by atoms with E-state index < -0.39 is 5.97 Å². The maximum absolute atomic E-state index is 11.7. The first kappa shape index (κ1) is 11.3. The van der Waals surface area contributed by atoms with Gasteiger partial charge in [-0.15, -0.1) is 0 Å². The van der Waals surface area contributed by atoms with E-state index in [-0.39, 0.29) is 18.3 Å². The molecule has 0 saturated carbocycles. The maximum Gasteiger partial charge on any atom is 0.379 e. The quantitative estimate of drug-likeness (QED) is 0.657. The van der Waals surface area contributed by atoms with E-state index in [1.165, 1.54) is 18.4 Å². The molecule has 2 aromatic rings. The number of furan rings is 1. The van der Waals surface area contributed by atoms with Crippen molar-refractivity contribution in [1.82, 2.24) is 0 Å². The molecule has 19 heavy (non-hydrogen) atoms. The minimum absolute atomic E-state index is 0.0153. The fourth-order valence-corrected chi connectivity index (χ4v) is 1.68. The van der Waals surface area contributed by atoms with Gasteiger partial charge in [0.15, 0.2) is 6.61 Å². The Kier molecular flexibility index (Phi) is 2.68. The summed E-state index contributed by atoms with van der Waals surface area (Å²) in [5, 5.41) is 2.63.